The van der Waals surface area contributed by atoms with Gasteiger partial charge in [0.05, 0.1) is 4.90 Å². The molecule has 2 N–H and O–H groups in total. The van der Waals surface area contributed by atoms with Crippen molar-refractivity contribution in [3.63, 3.8) is 0 Å². The number of aromatic hydroxyl groups is 1. The molecule has 4 aromatic carbocycles. The summed E-state index contributed by atoms with van der Waals surface area (Å²) in [6.45, 7) is 1.24. The fourth-order valence-corrected chi connectivity index (χ4v) is 9.38. The summed E-state index contributed by atoms with van der Waals surface area (Å²) in [6.07, 6.45) is 2.37. The summed E-state index contributed by atoms with van der Waals surface area (Å²) in [6, 6.07) is 25.3. The number of sulfone groups is 1. The van der Waals surface area contributed by atoms with Crippen LogP contribution in [-0.2, 0) is 31.1 Å². The van der Waals surface area contributed by atoms with E-state index in [1.54, 1.807) is 72.8 Å². The Morgan fingerprint density at radius 1 is 0.765 bits per heavy atom. The monoisotopic (exact) mass is 725 g/mol. The number of nitrogens with one attached hydrogen (secondary N) is 1. The Morgan fingerprint density at radius 3 is 2.00 bits per heavy atom. The van der Waals surface area contributed by atoms with Crippen LogP contribution in [0, 0.1) is 5.82 Å². The van der Waals surface area contributed by atoms with Crippen LogP contribution in [-0.4, -0.2) is 74.9 Å². The number of fused-ring (bicyclic) bond motifs is 2. The second-order valence-electron chi connectivity index (χ2n) is 12.1. The van der Waals surface area contributed by atoms with Gasteiger partial charge in [0, 0.05) is 55.0 Å². The van der Waals surface area contributed by atoms with Crippen LogP contribution in [0.5, 0.6) is 5.75 Å². The Bertz CT molecular complexity index is 2480. The average Bonchev–Trinajstić information content (AvgIpc) is 3.14. The van der Waals surface area contributed by atoms with Crippen molar-refractivity contribution in [1.29, 1.82) is 0 Å². The van der Waals surface area contributed by atoms with E-state index >= 15 is 0 Å². The SMILES string of the molecule is O=C(C(Cc1ccc(O)cc1S(=O)(=O)c1nccc2ccccc12)NS(=O)(=O)c1nccc2ccccc12)N1CCN(c2ccc(F)cc2)CC1. The van der Waals surface area contributed by atoms with Crippen LogP contribution in [0.2, 0.25) is 0 Å². The first-order valence-electron chi connectivity index (χ1n) is 16.1. The molecule has 2 aromatic heterocycles. The molecule has 0 saturated carbocycles. The number of piperazine rings is 1. The van der Waals surface area contributed by atoms with Gasteiger partial charge in [0.2, 0.25) is 15.7 Å². The zero-order chi connectivity index (χ0) is 35.8. The minimum Gasteiger partial charge on any atom is -0.508 e. The van der Waals surface area contributed by atoms with E-state index in [-0.39, 0.29) is 51.6 Å². The number of pyridine rings is 2. The largest absolute Gasteiger partial charge is 0.508 e. The molecule has 0 radical (unpaired) electrons. The molecule has 51 heavy (non-hydrogen) atoms. The lowest BCUT2D eigenvalue weighted by atomic mass is 10.0. The third-order valence-corrected chi connectivity index (χ3v) is 12.1. The minimum absolute atomic E-state index is 0.0967. The molecule has 1 aliphatic rings. The van der Waals surface area contributed by atoms with Crippen LogP contribution < -0.4 is 9.62 Å². The molecular formula is C37H32FN5O6S2. The summed E-state index contributed by atoms with van der Waals surface area (Å²) in [5, 5.41) is 11.9. The van der Waals surface area contributed by atoms with Crippen molar-refractivity contribution < 1.29 is 31.1 Å². The van der Waals surface area contributed by atoms with Gasteiger partial charge >= 0.3 is 0 Å². The second kappa shape index (κ2) is 13.7. The first kappa shape index (κ1) is 34.0. The zero-order valence-electron chi connectivity index (χ0n) is 27.1. The average molecular weight is 726 g/mol. The molecular weight excluding hydrogens is 694 g/mol. The number of halogens is 1. The highest BCUT2D eigenvalue weighted by Crippen LogP contribution is 2.32. The molecule has 1 unspecified atom stereocenters. The standard InChI is InChI=1S/C37H32FN5O6S2/c38-28-10-12-29(13-11-28)42-19-21-43(22-20-42)37(45)33(41-51(48,49)36-32-8-4-2-6-26(32)16-18-40-36)23-27-9-14-30(44)24-34(27)50(46,47)35-31-7-3-1-5-25(31)15-17-39-35/h1-18,24,33,41,44H,19-23H2. The van der Waals surface area contributed by atoms with Crippen LogP contribution in [0.15, 0.2) is 130 Å². The Hall–Kier alpha value is -5.44. The predicted octanol–water partition coefficient (Wildman–Crippen LogP) is 4.70. The lowest BCUT2D eigenvalue weighted by Crippen LogP contribution is -2.55. The van der Waals surface area contributed by atoms with Crippen molar-refractivity contribution in [2.45, 2.75) is 27.4 Å². The van der Waals surface area contributed by atoms with Gasteiger partial charge in [0.1, 0.15) is 17.6 Å². The van der Waals surface area contributed by atoms with E-state index in [9.17, 15) is 31.1 Å². The maximum absolute atomic E-state index is 14.3. The molecule has 3 heterocycles. The number of anilines is 1. The maximum Gasteiger partial charge on any atom is 0.259 e. The second-order valence-corrected chi connectivity index (χ2v) is 15.6. The molecule has 1 fully saturated rings. The van der Waals surface area contributed by atoms with Crippen LogP contribution in [0.3, 0.4) is 0 Å². The molecule has 1 aliphatic heterocycles. The number of rotatable bonds is 9. The molecule has 0 aliphatic carbocycles. The fraction of sp³-hybridized carbons (Fsp3) is 0.162. The lowest BCUT2D eigenvalue weighted by Gasteiger charge is -2.37. The van der Waals surface area contributed by atoms with Gasteiger partial charge in [-0.25, -0.2) is 31.2 Å². The number of nitrogens with zero attached hydrogens (tertiary/aromatic N) is 4. The molecule has 1 amide bonds. The number of carbonyl (C=O) groups excluding carboxylic acids is 1. The Labute approximate surface area is 294 Å². The Balaban J connectivity index is 1.26. The van der Waals surface area contributed by atoms with Crippen molar-refractivity contribution in [2.75, 3.05) is 31.1 Å². The van der Waals surface area contributed by atoms with Gasteiger partial charge in [0.15, 0.2) is 10.1 Å². The van der Waals surface area contributed by atoms with Crippen molar-refractivity contribution in [1.82, 2.24) is 19.6 Å². The summed E-state index contributed by atoms with van der Waals surface area (Å²) < 4.78 is 72.7. The van der Waals surface area contributed by atoms with Gasteiger partial charge in [-0.1, -0.05) is 54.6 Å². The van der Waals surface area contributed by atoms with E-state index in [1.165, 1.54) is 41.6 Å². The van der Waals surface area contributed by atoms with E-state index in [2.05, 4.69) is 14.7 Å². The van der Waals surface area contributed by atoms with Gasteiger partial charge in [-0.15, -0.1) is 0 Å². The number of benzene rings is 4. The Morgan fingerprint density at radius 2 is 1.35 bits per heavy atom. The van der Waals surface area contributed by atoms with E-state index < -0.39 is 31.8 Å². The maximum atomic E-state index is 14.3. The highest BCUT2D eigenvalue weighted by atomic mass is 32.2. The predicted molar refractivity (Wildman–Crippen MR) is 190 cm³/mol. The molecule has 0 bridgehead atoms. The summed E-state index contributed by atoms with van der Waals surface area (Å²) in [5.41, 5.74) is 0.878. The highest BCUT2D eigenvalue weighted by molar-refractivity contribution is 7.91. The van der Waals surface area contributed by atoms with Gasteiger partial charge in [-0.3, -0.25) is 4.79 Å². The van der Waals surface area contributed by atoms with Gasteiger partial charge in [-0.2, -0.15) is 4.72 Å². The number of hydrogen-bond acceptors (Lipinski definition) is 9. The van der Waals surface area contributed by atoms with E-state index in [0.717, 1.165) is 11.8 Å². The van der Waals surface area contributed by atoms with Gasteiger partial charge in [0.25, 0.3) is 10.0 Å². The molecule has 14 heteroatoms. The first-order valence-corrected chi connectivity index (χ1v) is 19.0. The number of sulfonamides is 1. The van der Waals surface area contributed by atoms with Crippen LogP contribution >= 0.6 is 0 Å². The quantitative estimate of drug-likeness (QED) is 0.216. The first-order chi connectivity index (χ1) is 24.5. The molecule has 11 nitrogen and oxygen atoms in total. The number of hydrogen-bond donors (Lipinski definition) is 2. The van der Waals surface area contributed by atoms with Gasteiger partial charge < -0.3 is 14.9 Å². The number of phenolic OH excluding ortho intramolecular Hbond substituents is 1. The third kappa shape index (κ3) is 6.85. The normalized spacial score (nSPS) is 14.5. The van der Waals surface area contributed by atoms with Crippen LogP contribution in [0.25, 0.3) is 21.5 Å². The molecule has 6 aromatic rings. The van der Waals surface area contributed by atoms with E-state index in [1.807, 2.05) is 4.90 Å². The lowest BCUT2D eigenvalue weighted by molar-refractivity contribution is -0.133. The number of aromatic nitrogens is 2. The number of phenols is 1. The molecule has 1 saturated heterocycles. The van der Waals surface area contributed by atoms with Crippen molar-refractivity contribution in [3.05, 3.63) is 127 Å². The molecule has 260 valence electrons. The van der Waals surface area contributed by atoms with Crippen molar-refractivity contribution in [3.8, 4) is 5.75 Å². The molecule has 0 spiro atoms. The summed E-state index contributed by atoms with van der Waals surface area (Å²) in [7, 11) is -8.85. The minimum atomic E-state index is -4.45. The Kier molecular flexibility index (Phi) is 9.14. The number of carbonyl (C=O) groups is 1. The van der Waals surface area contributed by atoms with Crippen LogP contribution in [0.4, 0.5) is 10.1 Å². The van der Waals surface area contributed by atoms with Crippen LogP contribution in [0.1, 0.15) is 5.56 Å². The summed E-state index contributed by atoms with van der Waals surface area (Å²) >= 11 is 0. The van der Waals surface area contributed by atoms with E-state index in [4.69, 9.17) is 0 Å². The third-order valence-electron chi connectivity index (χ3n) is 8.93. The zero-order valence-corrected chi connectivity index (χ0v) is 28.7. The van der Waals surface area contributed by atoms with Crippen molar-refractivity contribution >= 4 is 53.0 Å². The summed E-state index contributed by atoms with van der Waals surface area (Å²) in [5.74, 6) is -1.27. The fourth-order valence-electron chi connectivity index (χ4n) is 6.38. The smallest absolute Gasteiger partial charge is 0.259 e. The van der Waals surface area contributed by atoms with Gasteiger partial charge in [-0.05, 0) is 71.3 Å². The topological polar surface area (TPSA) is 150 Å². The highest BCUT2D eigenvalue weighted by Gasteiger charge is 2.35. The molecule has 7 rings (SSSR count). The number of amides is 1. The summed E-state index contributed by atoms with van der Waals surface area (Å²) in [4.78, 5) is 25.9. The molecule has 1 atom stereocenters. The van der Waals surface area contributed by atoms with Crippen molar-refractivity contribution in [2.24, 2.45) is 0 Å². The van der Waals surface area contributed by atoms with E-state index in [0.29, 0.717) is 34.6 Å².